The van der Waals surface area contributed by atoms with E-state index in [1.807, 2.05) is 11.1 Å². The summed E-state index contributed by atoms with van der Waals surface area (Å²) in [6.45, 7) is 1.68. The predicted octanol–water partition coefficient (Wildman–Crippen LogP) is 7.11. The van der Waals surface area contributed by atoms with Gasteiger partial charge in [-0.1, -0.05) is 48.2 Å². The van der Waals surface area contributed by atoms with Crippen molar-refractivity contribution in [3.63, 3.8) is 0 Å². The van der Waals surface area contributed by atoms with Crippen LogP contribution in [0.15, 0.2) is 42.5 Å². The summed E-state index contributed by atoms with van der Waals surface area (Å²) in [6, 6.07) is 11.7. The molecule has 5 nitrogen and oxygen atoms in total. The lowest BCUT2D eigenvalue weighted by Gasteiger charge is -2.26. The Labute approximate surface area is 220 Å². The smallest absolute Gasteiger partial charge is 0.283 e. The van der Waals surface area contributed by atoms with Crippen LogP contribution in [0.1, 0.15) is 72.3 Å². The van der Waals surface area contributed by atoms with E-state index >= 15 is 0 Å². The quantitative estimate of drug-likeness (QED) is 0.394. The minimum absolute atomic E-state index is 0.196. The average molecular weight is 527 g/mol. The minimum Gasteiger partial charge on any atom is -0.283 e. The van der Waals surface area contributed by atoms with Gasteiger partial charge in [-0.3, -0.25) is 10.2 Å². The molecular weight excluding hydrogens is 498 g/mol. The van der Waals surface area contributed by atoms with E-state index < -0.39 is 0 Å². The molecule has 1 saturated heterocycles. The van der Waals surface area contributed by atoms with E-state index in [1.54, 1.807) is 28.9 Å². The molecule has 5 rings (SSSR count). The average Bonchev–Trinajstić information content (AvgIpc) is 3.22. The molecule has 1 fully saturated rings. The summed E-state index contributed by atoms with van der Waals surface area (Å²) in [7, 11) is 0. The summed E-state index contributed by atoms with van der Waals surface area (Å²) in [6.07, 6.45) is 9.98. The maximum absolute atomic E-state index is 13.6. The molecular formula is C28H29Cl2FN4O. The molecule has 0 unspecified atom stereocenters. The number of fused-ring (bicyclic) bond motifs is 1. The minimum atomic E-state index is -0.273. The van der Waals surface area contributed by atoms with Gasteiger partial charge in [-0.25, -0.2) is 14.1 Å². The number of nitrogens with zero attached hydrogens (tertiary/aromatic N) is 3. The third kappa shape index (κ3) is 5.51. The van der Waals surface area contributed by atoms with Crippen LogP contribution in [-0.2, 0) is 6.42 Å². The molecule has 1 amide bonds. The number of carbonyl (C=O) groups excluding carboxylic acids is 1. The first kappa shape index (κ1) is 25.0. The van der Waals surface area contributed by atoms with Crippen molar-refractivity contribution in [2.24, 2.45) is 0 Å². The highest BCUT2D eigenvalue weighted by Crippen LogP contribution is 2.36. The Balaban J connectivity index is 1.65. The number of rotatable bonds is 4. The molecule has 0 bridgehead atoms. The summed E-state index contributed by atoms with van der Waals surface area (Å²) in [4.78, 5) is 13.5. The fourth-order valence-corrected chi connectivity index (χ4v) is 5.53. The zero-order chi connectivity index (χ0) is 25.1. The third-order valence-electron chi connectivity index (χ3n) is 6.84. The van der Waals surface area contributed by atoms with E-state index in [0.29, 0.717) is 21.4 Å². The molecule has 0 radical (unpaired) electrons. The maximum Gasteiger partial charge on any atom is 0.286 e. The van der Waals surface area contributed by atoms with Crippen LogP contribution in [0.5, 0.6) is 0 Å². The normalized spacial score (nSPS) is 17.9. The lowest BCUT2D eigenvalue weighted by molar-refractivity contribution is 0.0743. The van der Waals surface area contributed by atoms with Gasteiger partial charge in [0.1, 0.15) is 5.82 Å². The number of nitrogens with one attached hydrogen (secondary N) is 1. The van der Waals surface area contributed by atoms with Crippen molar-refractivity contribution in [2.45, 2.75) is 51.4 Å². The second-order valence-electron chi connectivity index (χ2n) is 9.45. The number of aromatic nitrogens is 2. The van der Waals surface area contributed by atoms with Crippen LogP contribution >= 0.6 is 23.2 Å². The lowest BCUT2D eigenvalue weighted by Crippen LogP contribution is -2.45. The number of amides is 1. The van der Waals surface area contributed by atoms with E-state index in [2.05, 4.69) is 11.5 Å². The predicted molar refractivity (Wildman–Crippen MR) is 143 cm³/mol. The van der Waals surface area contributed by atoms with Gasteiger partial charge in [0, 0.05) is 23.7 Å². The van der Waals surface area contributed by atoms with Crippen molar-refractivity contribution in [3.8, 4) is 5.69 Å². The first-order chi connectivity index (χ1) is 17.5. The fraction of sp³-hybridized carbons (Fsp3) is 0.357. The molecule has 1 aromatic heterocycles. The number of hydrogen-bond acceptors (Lipinski definition) is 3. The zero-order valence-corrected chi connectivity index (χ0v) is 21.6. The Bertz CT molecular complexity index is 1280. The van der Waals surface area contributed by atoms with Crippen LogP contribution in [0, 0.1) is 5.82 Å². The largest absolute Gasteiger partial charge is 0.286 e. The van der Waals surface area contributed by atoms with Crippen LogP contribution in [0.3, 0.4) is 0 Å². The topological polar surface area (TPSA) is 50.2 Å². The fourth-order valence-electron chi connectivity index (χ4n) is 5.04. The Kier molecular flexibility index (Phi) is 7.75. The van der Waals surface area contributed by atoms with Crippen molar-refractivity contribution in [3.05, 3.63) is 80.8 Å². The number of hydrazine groups is 1. The van der Waals surface area contributed by atoms with Crippen molar-refractivity contribution < 1.29 is 9.18 Å². The van der Waals surface area contributed by atoms with E-state index in [0.717, 1.165) is 80.4 Å². The Morgan fingerprint density at radius 3 is 2.42 bits per heavy atom. The van der Waals surface area contributed by atoms with Crippen LogP contribution in [0.25, 0.3) is 17.3 Å². The van der Waals surface area contributed by atoms with Gasteiger partial charge < -0.3 is 0 Å². The molecule has 36 heavy (non-hydrogen) atoms. The molecule has 1 aliphatic carbocycles. The molecule has 2 aromatic carbocycles. The number of piperidine rings is 1. The lowest BCUT2D eigenvalue weighted by atomic mass is 9.91. The number of carbonyl (C=O) groups is 1. The van der Waals surface area contributed by atoms with E-state index in [4.69, 9.17) is 28.3 Å². The van der Waals surface area contributed by atoms with Gasteiger partial charge in [0.05, 0.1) is 16.4 Å². The summed E-state index contributed by atoms with van der Waals surface area (Å²) < 4.78 is 15.4. The highest BCUT2D eigenvalue weighted by Gasteiger charge is 2.28. The van der Waals surface area contributed by atoms with E-state index in [9.17, 15) is 9.18 Å². The molecule has 2 heterocycles. The summed E-state index contributed by atoms with van der Waals surface area (Å²) in [5.41, 5.74) is 7.92. The number of hydrogen-bond donors (Lipinski definition) is 1. The van der Waals surface area contributed by atoms with Crippen LogP contribution < -0.4 is 5.43 Å². The number of allylic oxidation sites excluding steroid dienone is 1. The molecule has 1 N–H and O–H groups in total. The van der Waals surface area contributed by atoms with Crippen molar-refractivity contribution in [1.82, 2.24) is 20.2 Å². The number of benzene rings is 2. The first-order valence-corrected chi connectivity index (χ1v) is 13.3. The molecule has 2 aliphatic rings. The van der Waals surface area contributed by atoms with Gasteiger partial charge in [-0.05, 0) is 86.1 Å². The standard InChI is InChI=1S/C28H29Cl2FN4O/c29-21-11-14-25(24(30)18-21)35-27-20(17-19-9-12-22(31)13-10-19)7-3-1-4-8-23(27)26(32-35)28(36)33-34-15-5-2-6-16-34/h9-14,17-18H,1-8,15-16H2,(H,33,36)/b20-17+. The van der Waals surface area contributed by atoms with Gasteiger partial charge in [0.2, 0.25) is 0 Å². The maximum atomic E-state index is 13.6. The van der Waals surface area contributed by atoms with E-state index in [1.165, 1.54) is 18.6 Å². The van der Waals surface area contributed by atoms with Crippen molar-refractivity contribution in [2.75, 3.05) is 13.1 Å². The molecule has 188 valence electrons. The van der Waals surface area contributed by atoms with Gasteiger partial charge in [0.25, 0.3) is 5.91 Å². The molecule has 1 aliphatic heterocycles. The highest BCUT2D eigenvalue weighted by atomic mass is 35.5. The Hall–Kier alpha value is -2.67. The van der Waals surface area contributed by atoms with Crippen molar-refractivity contribution in [1.29, 1.82) is 0 Å². The van der Waals surface area contributed by atoms with Gasteiger partial charge >= 0.3 is 0 Å². The van der Waals surface area contributed by atoms with Crippen LogP contribution in [-0.4, -0.2) is 33.8 Å². The third-order valence-corrected chi connectivity index (χ3v) is 7.38. The summed E-state index contributed by atoms with van der Waals surface area (Å²) in [5.74, 6) is -0.469. The molecule has 8 heteroatoms. The number of halogens is 3. The molecule has 0 saturated carbocycles. The van der Waals surface area contributed by atoms with Gasteiger partial charge in [0.15, 0.2) is 5.69 Å². The zero-order valence-electron chi connectivity index (χ0n) is 20.1. The van der Waals surface area contributed by atoms with Crippen LogP contribution in [0.4, 0.5) is 4.39 Å². The van der Waals surface area contributed by atoms with Crippen LogP contribution in [0.2, 0.25) is 10.0 Å². The summed E-state index contributed by atoms with van der Waals surface area (Å²) >= 11 is 12.8. The Morgan fingerprint density at radius 1 is 0.944 bits per heavy atom. The second kappa shape index (κ2) is 11.2. The SMILES string of the molecule is O=C(NN1CCCCC1)c1nn(-c2ccc(Cl)cc2Cl)c2c1CCCCC/C2=C\c1ccc(F)cc1. The van der Waals surface area contributed by atoms with Crippen molar-refractivity contribution >= 4 is 40.8 Å². The van der Waals surface area contributed by atoms with E-state index in [-0.39, 0.29) is 11.7 Å². The molecule has 0 spiro atoms. The van der Waals surface area contributed by atoms with Gasteiger partial charge in [-0.15, -0.1) is 0 Å². The monoisotopic (exact) mass is 526 g/mol. The second-order valence-corrected chi connectivity index (χ2v) is 10.3. The highest BCUT2D eigenvalue weighted by molar-refractivity contribution is 6.35. The molecule has 0 atom stereocenters. The van der Waals surface area contributed by atoms with Gasteiger partial charge in [-0.2, -0.15) is 5.10 Å². The first-order valence-electron chi connectivity index (χ1n) is 12.6. The molecule has 3 aromatic rings. The Morgan fingerprint density at radius 2 is 1.67 bits per heavy atom. The summed E-state index contributed by atoms with van der Waals surface area (Å²) in [5, 5.41) is 7.84.